The van der Waals surface area contributed by atoms with Gasteiger partial charge < -0.3 is 10.1 Å². The highest BCUT2D eigenvalue weighted by atomic mass is 32.2. The van der Waals surface area contributed by atoms with Crippen LogP contribution in [0.5, 0.6) is 0 Å². The lowest BCUT2D eigenvalue weighted by Crippen LogP contribution is -2.34. The highest BCUT2D eigenvalue weighted by molar-refractivity contribution is 7.90. The number of rotatable bonds is 8. The van der Waals surface area contributed by atoms with Crippen LogP contribution in [0.4, 0.5) is 21.1 Å². The van der Waals surface area contributed by atoms with Gasteiger partial charge in [0.1, 0.15) is 5.82 Å². The molecule has 0 saturated carbocycles. The molecule has 0 aliphatic rings. The summed E-state index contributed by atoms with van der Waals surface area (Å²) < 4.78 is 31.1. The predicted molar refractivity (Wildman–Crippen MR) is 130 cm³/mol. The first-order valence-electron chi connectivity index (χ1n) is 10.4. The molecule has 0 radical (unpaired) electrons. The van der Waals surface area contributed by atoms with E-state index in [0.717, 1.165) is 0 Å². The van der Waals surface area contributed by atoms with E-state index < -0.39 is 22.1 Å². The van der Waals surface area contributed by atoms with Crippen LogP contribution in [0.2, 0.25) is 0 Å². The molecule has 180 valence electrons. The third-order valence-corrected chi connectivity index (χ3v) is 5.74. The van der Waals surface area contributed by atoms with Crippen molar-refractivity contribution in [3.8, 4) is 0 Å². The second kappa shape index (κ2) is 11.6. The molecule has 0 atom stereocenters. The predicted octanol–water partition coefficient (Wildman–Crippen LogP) is 4.06. The van der Waals surface area contributed by atoms with Crippen molar-refractivity contribution in [2.45, 2.75) is 11.8 Å². The SMILES string of the molecule is CCOC(=O)Nc1cccc(/C=C/C(=O)c2ccc(NC(=O)NS(=O)(=O)c3ccccc3)cc2)n1. The Labute approximate surface area is 202 Å². The molecule has 3 aromatic rings. The number of carbonyl (C=O) groups excluding carboxylic acids is 3. The van der Waals surface area contributed by atoms with E-state index in [4.69, 9.17) is 4.74 Å². The van der Waals surface area contributed by atoms with Crippen LogP contribution in [-0.4, -0.2) is 37.9 Å². The number of pyridine rings is 1. The minimum Gasteiger partial charge on any atom is -0.450 e. The zero-order valence-electron chi connectivity index (χ0n) is 18.6. The van der Waals surface area contributed by atoms with E-state index in [1.165, 1.54) is 48.6 Å². The second-order valence-electron chi connectivity index (χ2n) is 6.94. The highest BCUT2D eigenvalue weighted by Gasteiger charge is 2.17. The van der Waals surface area contributed by atoms with Crippen molar-refractivity contribution < 1.29 is 27.5 Å². The molecule has 10 nitrogen and oxygen atoms in total. The highest BCUT2D eigenvalue weighted by Crippen LogP contribution is 2.13. The Bertz CT molecular complexity index is 1340. The summed E-state index contributed by atoms with van der Waals surface area (Å²) in [6, 6.07) is 17.4. The molecule has 0 fully saturated rings. The minimum absolute atomic E-state index is 0.0421. The monoisotopic (exact) mass is 494 g/mol. The largest absolute Gasteiger partial charge is 0.450 e. The van der Waals surface area contributed by atoms with Gasteiger partial charge in [0.25, 0.3) is 10.0 Å². The van der Waals surface area contributed by atoms with Crippen molar-refractivity contribution in [1.82, 2.24) is 9.71 Å². The summed E-state index contributed by atoms with van der Waals surface area (Å²) in [7, 11) is -4.01. The summed E-state index contributed by atoms with van der Waals surface area (Å²) in [4.78, 5) is 40.2. The first-order chi connectivity index (χ1) is 16.8. The molecular weight excluding hydrogens is 472 g/mol. The maximum Gasteiger partial charge on any atom is 0.412 e. The Balaban J connectivity index is 1.58. The van der Waals surface area contributed by atoms with Gasteiger partial charge in [-0.25, -0.2) is 27.7 Å². The van der Waals surface area contributed by atoms with E-state index in [2.05, 4.69) is 15.6 Å². The molecule has 0 aliphatic heterocycles. The van der Waals surface area contributed by atoms with Gasteiger partial charge in [-0.3, -0.25) is 10.1 Å². The average Bonchev–Trinajstić information content (AvgIpc) is 2.83. The fourth-order valence-corrected chi connectivity index (χ4v) is 3.73. The van der Waals surface area contributed by atoms with Crippen molar-refractivity contribution in [2.75, 3.05) is 17.2 Å². The summed E-state index contributed by atoms with van der Waals surface area (Å²) in [5, 5.41) is 4.89. The van der Waals surface area contributed by atoms with Gasteiger partial charge in [-0.15, -0.1) is 0 Å². The fraction of sp³-hybridized carbons (Fsp3) is 0.0833. The lowest BCUT2D eigenvalue weighted by atomic mass is 10.1. The quantitative estimate of drug-likeness (QED) is 0.316. The molecule has 3 amide bonds. The van der Waals surface area contributed by atoms with E-state index in [9.17, 15) is 22.8 Å². The van der Waals surface area contributed by atoms with Gasteiger partial charge >= 0.3 is 12.1 Å². The number of hydrogen-bond donors (Lipinski definition) is 3. The van der Waals surface area contributed by atoms with Gasteiger partial charge in [0.05, 0.1) is 17.2 Å². The molecule has 0 unspecified atom stereocenters. The standard InChI is InChI=1S/C24H22N4O6S/c1-2-34-24(31)27-22-10-6-7-18(25-22)15-16-21(29)17-11-13-19(14-12-17)26-23(30)28-35(32,33)20-8-4-3-5-9-20/h3-16H,2H2,1H3,(H,25,27,31)(H2,26,28,30)/b16-15+. The average molecular weight is 495 g/mol. The number of anilines is 2. The van der Waals surface area contributed by atoms with Gasteiger partial charge in [-0.05, 0) is 67.6 Å². The summed E-state index contributed by atoms with van der Waals surface area (Å²) in [6.07, 6.45) is 2.18. The summed E-state index contributed by atoms with van der Waals surface area (Å²) in [5.74, 6) is -0.0424. The first kappa shape index (κ1) is 25.1. The van der Waals surface area contributed by atoms with Gasteiger partial charge in [-0.1, -0.05) is 24.3 Å². The maximum absolute atomic E-state index is 12.5. The fourth-order valence-electron chi connectivity index (χ4n) is 2.80. The van der Waals surface area contributed by atoms with Crippen molar-refractivity contribution in [3.63, 3.8) is 0 Å². The first-order valence-corrected chi connectivity index (χ1v) is 11.9. The number of benzene rings is 2. The zero-order chi connectivity index (χ0) is 25.3. The summed E-state index contributed by atoms with van der Waals surface area (Å²) in [5.41, 5.74) is 1.08. The molecule has 2 aromatic carbocycles. The number of hydrogen-bond acceptors (Lipinski definition) is 7. The Kier molecular flexibility index (Phi) is 8.30. The lowest BCUT2D eigenvalue weighted by Gasteiger charge is -2.09. The number of nitrogens with zero attached hydrogens (tertiary/aromatic N) is 1. The molecule has 0 spiro atoms. The number of amides is 3. The lowest BCUT2D eigenvalue weighted by molar-refractivity contribution is 0.104. The van der Waals surface area contributed by atoms with E-state index in [1.807, 2.05) is 4.72 Å². The number of sulfonamides is 1. The molecule has 0 bridgehead atoms. The van der Waals surface area contributed by atoms with E-state index >= 15 is 0 Å². The number of aromatic nitrogens is 1. The van der Waals surface area contributed by atoms with Crippen LogP contribution in [0.1, 0.15) is 23.0 Å². The molecule has 0 aliphatic carbocycles. The molecule has 0 saturated heterocycles. The second-order valence-corrected chi connectivity index (χ2v) is 8.62. The van der Waals surface area contributed by atoms with Gasteiger partial charge in [-0.2, -0.15) is 0 Å². The Morgan fingerprint density at radius 1 is 0.914 bits per heavy atom. The van der Waals surface area contributed by atoms with Crippen LogP contribution in [0, 0.1) is 0 Å². The van der Waals surface area contributed by atoms with Crippen LogP contribution in [0.15, 0.2) is 83.8 Å². The molecule has 11 heteroatoms. The maximum atomic E-state index is 12.5. The van der Waals surface area contributed by atoms with Gasteiger partial charge in [0.2, 0.25) is 0 Å². The molecule has 3 N–H and O–H groups in total. The molecular formula is C24H22N4O6S. The molecule has 1 heterocycles. The number of urea groups is 1. The van der Waals surface area contributed by atoms with E-state index in [-0.39, 0.29) is 23.1 Å². The van der Waals surface area contributed by atoms with Crippen LogP contribution >= 0.6 is 0 Å². The topological polar surface area (TPSA) is 144 Å². The van der Waals surface area contributed by atoms with Crippen LogP contribution in [0.3, 0.4) is 0 Å². The van der Waals surface area contributed by atoms with Crippen LogP contribution in [0.25, 0.3) is 6.08 Å². The van der Waals surface area contributed by atoms with Crippen molar-refractivity contribution >= 4 is 45.5 Å². The van der Waals surface area contributed by atoms with Gasteiger partial charge in [0, 0.05) is 11.3 Å². The van der Waals surface area contributed by atoms with Crippen molar-refractivity contribution in [3.05, 3.63) is 90.1 Å². The normalized spacial score (nSPS) is 11.0. The van der Waals surface area contributed by atoms with E-state index in [1.54, 1.807) is 43.3 Å². The third-order valence-electron chi connectivity index (χ3n) is 4.39. The third kappa shape index (κ3) is 7.51. The molecule has 1 aromatic heterocycles. The number of allylic oxidation sites excluding steroid dienone is 1. The summed E-state index contributed by atoms with van der Waals surface area (Å²) in [6.45, 7) is 1.91. The van der Waals surface area contributed by atoms with Crippen molar-refractivity contribution in [2.24, 2.45) is 0 Å². The number of ether oxygens (including phenoxy) is 1. The molecule has 35 heavy (non-hydrogen) atoms. The van der Waals surface area contributed by atoms with Crippen LogP contribution < -0.4 is 15.4 Å². The smallest absolute Gasteiger partial charge is 0.412 e. The van der Waals surface area contributed by atoms with Gasteiger partial charge in [0.15, 0.2) is 5.78 Å². The number of nitrogens with one attached hydrogen (secondary N) is 3. The zero-order valence-corrected chi connectivity index (χ0v) is 19.4. The van der Waals surface area contributed by atoms with Crippen molar-refractivity contribution in [1.29, 1.82) is 0 Å². The van der Waals surface area contributed by atoms with Crippen LogP contribution in [-0.2, 0) is 14.8 Å². The minimum atomic E-state index is -4.01. The summed E-state index contributed by atoms with van der Waals surface area (Å²) >= 11 is 0. The Hall–Kier alpha value is -4.51. The number of carbonyl (C=O) groups is 3. The Morgan fingerprint density at radius 3 is 2.31 bits per heavy atom. The Morgan fingerprint density at radius 2 is 1.63 bits per heavy atom. The number of ketones is 1. The van der Waals surface area contributed by atoms with E-state index in [0.29, 0.717) is 16.9 Å². The molecule has 3 rings (SSSR count).